The first kappa shape index (κ1) is 13.9. The molecule has 0 aliphatic rings. The molecule has 0 fully saturated rings. The first-order chi connectivity index (χ1) is 6.60. The van der Waals surface area contributed by atoms with Crippen LogP contribution in [0.4, 0.5) is 0 Å². The van der Waals surface area contributed by atoms with E-state index in [0.717, 1.165) is 12.5 Å². The number of hydrogen-bond donors (Lipinski definition) is 1. The summed E-state index contributed by atoms with van der Waals surface area (Å²) in [5.41, 5.74) is 3.17. The fourth-order valence-corrected chi connectivity index (χ4v) is 2.28. The van der Waals surface area contributed by atoms with Gasteiger partial charge in [-0.25, -0.2) is 5.48 Å². The first-order valence-electron chi connectivity index (χ1n) is 5.88. The monoisotopic (exact) mass is 201 g/mol. The van der Waals surface area contributed by atoms with E-state index in [2.05, 4.69) is 33.2 Å². The fraction of sp³-hybridized carbons (Fsp3) is 1.00. The highest BCUT2D eigenvalue weighted by molar-refractivity contribution is 4.78. The van der Waals surface area contributed by atoms with Gasteiger partial charge < -0.3 is 4.84 Å². The Labute approximate surface area is 89.4 Å². The Balaban J connectivity index is 4.26. The van der Waals surface area contributed by atoms with Gasteiger partial charge in [-0.1, -0.05) is 34.1 Å². The Bertz CT molecular complexity index is 136. The van der Waals surface area contributed by atoms with Crippen LogP contribution in [-0.2, 0) is 4.84 Å². The highest BCUT2D eigenvalue weighted by Crippen LogP contribution is 2.35. The van der Waals surface area contributed by atoms with Crippen LogP contribution in [-0.4, -0.2) is 13.7 Å². The van der Waals surface area contributed by atoms with E-state index in [1.165, 1.54) is 25.7 Å². The first-order valence-corrected chi connectivity index (χ1v) is 5.88. The van der Waals surface area contributed by atoms with Crippen molar-refractivity contribution >= 4 is 0 Å². The molecule has 2 nitrogen and oxygen atoms in total. The van der Waals surface area contributed by atoms with Crippen LogP contribution in [0.5, 0.6) is 0 Å². The van der Waals surface area contributed by atoms with E-state index in [-0.39, 0.29) is 0 Å². The maximum atomic E-state index is 5.39. The van der Waals surface area contributed by atoms with Crippen LogP contribution in [0.25, 0.3) is 0 Å². The van der Waals surface area contributed by atoms with E-state index in [9.17, 15) is 0 Å². The fourth-order valence-electron chi connectivity index (χ4n) is 2.28. The largest absolute Gasteiger partial charge is 0.301 e. The molecule has 0 amide bonds. The molecule has 0 saturated carbocycles. The number of hydrogen-bond acceptors (Lipinski definition) is 2. The van der Waals surface area contributed by atoms with Gasteiger partial charge in [-0.3, -0.25) is 0 Å². The Morgan fingerprint density at radius 2 is 1.93 bits per heavy atom. The lowest BCUT2D eigenvalue weighted by atomic mass is 9.75. The smallest absolute Gasteiger partial charge is 0.0738 e. The summed E-state index contributed by atoms with van der Waals surface area (Å²) >= 11 is 0. The summed E-state index contributed by atoms with van der Waals surface area (Å²) < 4.78 is 0. The Morgan fingerprint density at radius 1 is 1.29 bits per heavy atom. The second-order valence-electron chi connectivity index (χ2n) is 4.69. The normalized spacial score (nSPS) is 15.9. The molecule has 1 unspecified atom stereocenters. The number of hydroxylamine groups is 1. The minimum absolute atomic E-state index is 0.381. The van der Waals surface area contributed by atoms with E-state index < -0.39 is 0 Å². The summed E-state index contributed by atoms with van der Waals surface area (Å²) in [4.78, 5) is 5.39. The summed E-state index contributed by atoms with van der Waals surface area (Å²) in [5.74, 6) is 0.752. The van der Waals surface area contributed by atoms with Crippen LogP contribution in [0.15, 0.2) is 0 Å². The molecule has 0 aromatic heterocycles. The van der Waals surface area contributed by atoms with Crippen molar-refractivity contribution in [3.05, 3.63) is 0 Å². The molecule has 1 atom stereocenters. The van der Waals surface area contributed by atoms with Crippen molar-refractivity contribution in [1.82, 2.24) is 5.48 Å². The highest BCUT2D eigenvalue weighted by atomic mass is 16.6. The van der Waals surface area contributed by atoms with E-state index in [0.29, 0.717) is 5.41 Å². The summed E-state index contributed by atoms with van der Waals surface area (Å²) in [7, 11) is 1.84. The van der Waals surface area contributed by atoms with Gasteiger partial charge in [0.25, 0.3) is 0 Å². The number of rotatable bonds is 8. The predicted octanol–water partition coefficient (Wildman–Crippen LogP) is 3.38. The van der Waals surface area contributed by atoms with Crippen molar-refractivity contribution in [1.29, 1.82) is 0 Å². The molecule has 0 saturated heterocycles. The third-order valence-electron chi connectivity index (χ3n) is 2.89. The van der Waals surface area contributed by atoms with Gasteiger partial charge in [0.15, 0.2) is 0 Å². The van der Waals surface area contributed by atoms with Crippen LogP contribution in [0, 0.1) is 11.3 Å². The zero-order valence-electron chi connectivity index (χ0n) is 10.5. The van der Waals surface area contributed by atoms with Crippen molar-refractivity contribution in [2.75, 3.05) is 13.7 Å². The molecule has 1 N–H and O–H groups in total. The van der Waals surface area contributed by atoms with E-state index in [4.69, 9.17) is 4.84 Å². The average molecular weight is 201 g/mol. The highest BCUT2D eigenvalue weighted by Gasteiger charge is 2.28. The van der Waals surface area contributed by atoms with E-state index in [1.807, 2.05) is 7.05 Å². The van der Waals surface area contributed by atoms with Gasteiger partial charge in [-0.05, 0) is 30.6 Å². The predicted molar refractivity (Wildman–Crippen MR) is 62.1 cm³/mol. The van der Waals surface area contributed by atoms with E-state index >= 15 is 0 Å². The summed E-state index contributed by atoms with van der Waals surface area (Å²) in [6.07, 6.45) is 4.98. The van der Waals surface area contributed by atoms with Gasteiger partial charge in [0.2, 0.25) is 0 Å². The molecule has 0 aromatic rings. The van der Waals surface area contributed by atoms with Gasteiger partial charge in [-0.2, -0.15) is 0 Å². The van der Waals surface area contributed by atoms with Gasteiger partial charge >= 0.3 is 0 Å². The van der Waals surface area contributed by atoms with Gasteiger partial charge in [0.05, 0.1) is 6.61 Å². The molecule has 0 aliphatic carbocycles. The van der Waals surface area contributed by atoms with Crippen LogP contribution in [0.1, 0.15) is 53.4 Å². The average Bonchev–Trinajstić information content (AvgIpc) is 2.14. The van der Waals surface area contributed by atoms with Crippen molar-refractivity contribution < 1.29 is 4.84 Å². The molecular formula is C12H27NO. The van der Waals surface area contributed by atoms with Crippen LogP contribution < -0.4 is 5.48 Å². The molecular weight excluding hydrogens is 174 g/mol. The second kappa shape index (κ2) is 7.24. The standard InChI is InChI=1S/C12H27NO/c1-6-8-12(7-2,9-11(3)4)10-14-13-5/h11,13H,6-10H2,1-5H3. The van der Waals surface area contributed by atoms with Crippen LogP contribution in [0.2, 0.25) is 0 Å². The SMILES string of the molecule is CCCC(CC)(CONC)CC(C)C. The lowest BCUT2D eigenvalue weighted by Gasteiger charge is -2.33. The quantitative estimate of drug-likeness (QED) is 0.608. The summed E-state index contributed by atoms with van der Waals surface area (Å²) in [6, 6.07) is 0. The molecule has 0 radical (unpaired) electrons. The van der Waals surface area contributed by atoms with Crippen molar-refractivity contribution in [2.24, 2.45) is 11.3 Å². The third kappa shape index (κ3) is 4.97. The number of nitrogens with one attached hydrogen (secondary N) is 1. The van der Waals surface area contributed by atoms with Crippen LogP contribution >= 0.6 is 0 Å². The van der Waals surface area contributed by atoms with Gasteiger partial charge in [0, 0.05) is 7.05 Å². The minimum atomic E-state index is 0.381. The molecule has 2 heteroatoms. The lowest BCUT2D eigenvalue weighted by Crippen LogP contribution is -2.30. The topological polar surface area (TPSA) is 21.3 Å². The Morgan fingerprint density at radius 3 is 2.29 bits per heavy atom. The van der Waals surface area contributed by atoms with Crippen molar-refractivity contribution in [3.63, 3.8) is 0 Å². The molecule has 0 aromatic carbocycles. The Kier molecular flexibility index (Phi) is 7.20. The third-order valence-corrected chi connectivity index (χ3v) is 2.89. The Hall–Kier alpha value is -0.0800. The minimum Gasteiger partial charge on any atom is -0.301 e. The summed E-state index contributed by atoms with van der Waals surface area (Å²) in [6.45, 7) is 9.95. The lowest BCUT2D eigenvalue weighted by molar-refractivity contribution is -0.0247. The van der Waals surface area contributed by atoms with Gasteiger partial charge in [-0.15, -0.1) is 0 Å². The summed E-state index contributed by atoms with van der Waals surface area (Å²) in [5, 5.41) is 0. The maximum Gasteiger partial charge on any atom is 0.0738 e. The zero-order valence-corrected chi connectivity index (χ0v) is 10.5. The van der Waals surface area contributed by atoms with E-state index in [1.54, 1.807) is 0 Å². The van der Waals surface area contributed by atoms with Crippen molar-refractivity contribution in [2.45, 2.75) is 53.4 Å². The molecule has 0 heterocycles. The molecule has 0 aliphatic heterocycles. The van der Waals surface area contributed by atoms with Crippen molar-refractivity contribution in [3.8, 4) is 0 Å². The second-order valence-corrected chi connectivity index (χ2v) is 4.69. The molecule has 0 bridgehead atoms. The van der Waals surface area contributed by atoms with Gasteiger partial charge in [0.1, 0.15) is 0 Å². The molecule has 0 rings (SSSR count). The molecule has 86 valence electrons. The maximum absolute atomic E-state index is 5.39. The molecule has 0 spiro atoms. The zero-order chi connectivity index (χ0) is 11.0. The molecule has 14 heavy (non-hydrogen) atoms. The van der Waals surface area contributed by atoms with Crippen LogP contribution in [0.3, 0.4) is 0 Å².